The van der Waals surface area contributed by atoms with E-state index in [1.165, 1.54) is 16.1 Å². The van der Waals surface area contributed by atoms with E-state index in [0.717, 1.165) is 0 Å². The Labute approximate surface area is 197 Å². The van der Waals surface area contributed by atoms with Crippen LogP contribution in [0, 0.1) is 20.2 Å². The van der Waals surface area contributed by atoms with Gasteiger partial charge in [-0.3, -0.25) is 0 Å². The quantitative estimate of drug-likeness (QED) is 0.214. The first kappa shape index (κ1) is 27.8. The normalized spacial score (nSPS) is 8.60. The van der Waals surface area contributed by atoms with Crippen molar-refractivity contribution in [1.82, 2.24) is 0 Å². The summed E-state index contributed by atoms with van der Waals surface area (Å²) in [6.07, 6.45) is 0. The van der Waals surface area contributed by atoms with E-state index >= 15 is 0 Å². The molecule has 4 aromatic rings. The second kappa shape index (κ2) is 17.7. The van der Waals surface area contributed by atoms with Crippen molar-refractivity contribution in [2.24, 2.45) is 0 Å². The van der Waals surface area contributed by atoms with Crippen LogP contribution >= 0.6 is 0 Å². The second-order valence-electron chi connectivity index (χ2n) is 5.80. The molecule has 4 rings (SSSR count). The zero-order valence-electron chi connectivity index (χ0n) is 16.6. The molecule has 0 aliphatic carbocycles. The van der Waals surface area contributed by atoms with Gasteiger partial charge < -0.3 is 0 Å². The fourth-order valence-corrected chi connectivity index (χ4v) is 9.23. The topological polar surface area (TPSA) is 39.8 Å². The molecular weight excluding hydrogens is 521 g/mol. The molecule has 1 radical (unpaired) electrons. The standard InChI is InChI=1S/C6H7.3C6H5.2CO.Mn.Sb/c1-6-4-2-3-5-6;3*1-2-4-6-5-3-1;2*1-2;;/h2-5H,1H3;3*1-5H;;;;/q-1;;;;;;;. The van der Waals surface area contributed by atoms with Crippen LogP contribution in [0.2, 0.25) is 0 Å². The number of hydrogen-bond acceptors (Lipinski definition) is 0. The van der Waals surface area contributed by atoms with Crippen LogP contribution in [0.5, 0.6) is 0 Å². The summed E-state index contributed by atoms with van der Waals surface area (Å²) in [5, 5.41) is 0. The first-order chi connectivity index (χ1) is 14.3. The van der Waals surface area contributed by atoms with E-state index in [9.17, 15) is 0 Å². The summed E-state index contributed by atoms with van der Waals surface area (Å²) in [7, 11) is 0. The van der Waals surface area contributed by atoms with Crippen LogP contribution in [0.3, 0.4) is 0 Å². The minimum atomic E-state index is -1.83. The number of rotatable bonds is 3. The molecule has 4 heteroatoms. The molecule has 2 nitrogen and oxygen atoms in total. The molecule has 0 unspecified atom stereocenters. The fraction of sp³-hybridized carbons (Fsp3) is 0.0385. The van der Waals surface area contributed by atoms with Crippen molar-refractivity contribution in [1.29, 1.82) is 0 Å². The summed E-state index contributed by atoms with van der Waals surface area (Å²) in [5.41, 5.74) is 1.34. The molecular formula is C26H22MnO2Sb-. The molecule has 0 bridgehead atoms. The molecule has 0 spiro atoms. The van der Waals surface area contributed by atoms with Gasteiger partial charge in [-0.15, -0.1) is 0 Å². The van der Waals surface area contributed by atoms with Gasteiger partial charge in [-0.2, -0.15) is 17.7 Å². The summed E-state index contributed by atoms with van der Waals surface area (Å²) in [6.45, 7) is 11.1. The van der Waals surface area contributed by atoms with Crippen molar-refractivity contribution in [2.75, 3.05) is 0 Å². The van der Waals surface area contributed by atoms with Gasteiger partial charge in [0.15, 0.2) is 0 Å². The first-order valence-electron chi connectivity index (χ1n) is 8.89. The molecule has 0 aliphatic heterocycles. The molecule has 151 valence electrons. The molecule has 0 N–H and O–H groups in total. The van der Waals surface area contributed by atoms with Crippen molar-refractivity contribution >= 4 is 30.7 Å². The van der Waals surface area contributed by atoms with E-state index in [0.29, 0.717) is 0 Å². The summed E-state index contributed by atoms with van der Waals surface area (Å²) in [5.74, 6) is 0. The molecule has 0 heterocycles. The van der Waals surface area contributed by atoms with Gasteiger partial charge in [0.1, 0.15) is 0 Å². The Morgan fingerprint density at radius 2 is 0.800 bits per heavy atom. The Kier molecular flexibility index (Phi) is 16.4. The summed E-state index contributed by atoms with van der Waals surface area (Å²) >= 11 is -1.83. The van der Waals surface area contributed by atoms with E-state index in [1.807, 2.05) is 12.1 Å². The molecule has 0 fully saturated rings. The van der Waals surface area contributed by atoms with Gasteiger partial charge in [-0.1, -0.05) is 6.92 Å². The SMILES string of the molecule is C[c-]1cccc1.[C-]#[O+].[C-]#[O+].[Mn].c1cc[c]([Sb]([c]2ccccc2)[c]2ccccc2)cc1. The predicted molar refractivity (Wildman–Crippen MR) is 119 cm³/mol. The van der Waals surface area contributed by atoms with Crippen LogP contribution < -0.4 is 10.5 Å². The van der Waals surface area contributed by atoms with Crippen LogP contribution in [-0.2, 0) is 26.4 Å². The van der Waals surface area contributed by atoms with Gasteiger partial charge in [-0.05, 0) is 0 Å². The molecule has 0 atom stereocenters. The third-order valence-corrected chi connectivity index (χ3v) is 10.8. The number of aryl methyl sites for hydroxylation is 1. The average Bonchev–Trinajstić information content (AvgIpc) is 3.30. The second-order valence-corrected chi connectivity index (χ2v) is 12.1. The maximum absolute atomic E-state index is 7.50. The Balaban J connectivity index is 0.000000647. The van der Waals surface area contributed by atoms with Crippen molar-refractivity contribution in [3.63, 3.8) is 0 Å². The molecule has 0 aliphatic rings. The third-order valence-electron chi connectivity index (χ3n) is 3.87. The van der Waals surface area contributed by atoms with E-state index in [2.05, 4.69) is 123 Å². The summed E-state index contributed by atoms with van der Waals surface area (Å²) in [6, 6.07) is 41.1. The molecule has 0 aromatic heterocycles. The van der Waals surface area contributed by atoms with E-state index in [4.69, 9.17) is 9.30 Å². The van der Waals surface area contributed by atoms with Crippen molar-refractivity contribution in [3.05, 3.63) is 134 Å². The Morgan fingerprint density at radius 1 is 0.533 bits per heavy atom. The zero-order chi connectivity index (χ0) is 21.3. The summed E-state index contributed by atoms with van der Waals surface area (Å²) in [4.78, 5) is 0. The van der Waals surface area contributed by atoms with Gasteiger partial charge >= 0.3 is 144 Å². The molecule has 4 aromatic carbocycles. The summed E-state index contributed by atoms with van der Waals surface area (Å²) < 4.78 is 19.5. The van der Waals surface area contributed by atoms with Gasteiger partial charge in [0.05, 0.1) is 0 Å². The first-order valence-corrected chi connectivity index (χ1v) is 12.7. The van der Waals surface area contributed by atoms with Crippen LogP contribution in [0.15, 0.2) is 115 Å². The Hall–Kier alpha value is -2.17. The fourth-order valence-electron chi connectivity index (χ4n) is 2.65. The predicted octanol–water partition coefficient (Wildman–Crippen LogP) is 3.84. The number of benzene rings is 3. The van der Waals surface area contributed by atoms with E-state index in [-0.39, 0.29) is 17.1 Å². The van der Waals surface area contributed by atoms with Crippen molar-refractivity contribution in [2.45, 2.75) is 6.92 Å². The van der Waals surface area contributed by atoms with Gasteiger partial charge in [0.25, 0.3) is 0 Å². The van der Waals surface area contributed by atoms with Crippen LogP contribution in [0.1, 0.15) is 5.56 Å². The maximum atomic E-state index is 7.50. The van der Waals surface area contributed by atoms with Crippen LogP contribution in [0.4, 0.5) is 0 Å². The van der Waals surface area contributed by atoms with Crippen LogP contribution in [0.25, 0.3) is 0 Å². The van der Waals surface area contributed by atoms with Gasteiger partial charge in [0, 0.05) is 17.1 Å². The molecule has 0 saturated heterocycles. The van der Waals surface area contributed by atoms with Gasteiger partial charge in [-0.25, -0.2) is 12.1 Å². The molecule has 30 heavy (non-hydrogen) atoms. The Morgan fingerprint density at radius 3 is 1.00 bits per heavy atom. The Bertz CT molecular complexity index is 835. The molecule has 0 amide bonds. The third kappa shape index (κ3) is 9.55. The van der Waals surface area contributed by atoms with Crippen molar-refractivity contribution in [3.8, 4) is 0 Å². The van der Waals surface area contributed by atoms with Crippen molar-refractivity contribution < 1.29 is 26.4 Å². The average molecular weight is 543 g/mol. The van der Waals surface area contributed by atoms with Crippen LogP contribution in [-0.4, -0.2) is 20.2 Å². The molecule has 0 saturated carbocycles. The minimum absolute atomic E-state index is 0. The number of hydrogen-bond donors (Lipinski definition) is 0. The zero-order valence-corrected chi connectivity index (χ0v) is 20.3. The van der Waals surface area contributed by atoms with E-state index < -0.39 is 20.2 Å². The monoisotopic (exact) mass is 542 g/mol. The van der Waals surface area contributed by atoms with E-state index in [1.54, 1.807) is 0 Å². The van der Waals surface area contributed by atoms with Gasteiger partial charge in [0.2, 0.25) is 0 Å².